The number of thioether (sulfide) groups is 1. The van der Waals surface area contributed by atoms with E-state index in [1.54, 1.807) is 36.4 Å². The highest BCUT2D eigenvalue weighted by molar-refractivity contribution is 8.26. The van der Waals surface area contributed by atoms with Crippen molar-refractivity contribution in [3.8, 4) is 11.5 Å². The molecular formula is C21H17ClN2O6S2. The maximum absolute atomic E-state index is 12.8. The van der Waals surface area contributed by atoms with Crippen LogP contribution in [-0.4, -0.2) is 45.9 Å². The second-order valence-corrected chi connectivity index (χ2v) is 8.62. The number of aryl methyl sites for hydroxylation is 1. The smallest absolute Gasteiger partial charge is 0.341 e. The fourth-order valence-corrected chi connectivity index (χ4v) is 4.21. The number of hydrogen-bond acceptors (Lipinski definition) is 7. The predicted octanol–water partition coefficient (Wildman–Crippen LogP) is 3.67. The number of benzene rings is 2. The molecule has 2 N–H and O–H groups in total. The molecule has 1 aliphatic heterocycles. The van der Waals surface area contributed by atoms with Gasteiger partial charge >= 0.3 is 5.97 Å². The van der Waals surface area contributed by atoms with Crippen molar-refractivity contribution >= 4 is 63.8 Å². The van der Waals surface area contributed by atoms with Crippen LogP contribution in [0.5, 0.6) is 11.5 Å². The number of hydrazine groups is 1. The van der Waals surface area contributed by atoms with E-state index in [1.807, 2.05) is 6.92 Å². The van der Waals surface area contributed by atoms with Crippen LogP contribution in [0.15, 0.2) is 41.3 Å². The minimum Gasteiger partial charge on any atom is -0.493 e. The number of carboxylic acids is 1. The molecule has 0 radical (unpaired) electrons. The first-order chi connectivity index (χ1) is 15.2. The highest BCUT2D eigenvalue weighted by atomic mass is 35.5. The number of rotatable bonds is 7. The third-order valence-electron chi connectivity index (χ3n) is 4.21. The molecule has 1 aliphatic rings. The van der Waals surface area contributed by atoms with E-state index < -0.39 is 24.4 Å². The summed E-state index contributed by atoms with van der Waals surface area (Å²) < 4.78 is 10.6. The minimum absolute atomic E-state index is 0.159. The first-order valence-corrected chi connectivity index (χ1v) is 10.7. The molecule has 2 amide bonds. The Morgan fingerprint density at radius 3 is 2.66 bits per heavy atom. The van der Waals surface area contributed by atoms with Gasteiger partial charge in [-0.1, -0.05) is 35.5 Å². The molecule has 3 rings (SSSR count). The van der Waals surface area contributed by atoms with E-state index in [0.29, 0.717) is 11.3 Å². The van der Waals surface area contributed by atoms with E-state index in [9.17, 15) is 14.4 Å². The average Bonchev–Trinajstić information content (AvgIpc) is 2.99. The molecule has 2 aromatic carbocycles. The number of ether oxygens (including phenoxy) is 2. The number of nitrogens with zero attached hydrogens (tertiary/aromatic N) is 1. The van der Waals surface area contributed by atoms with Gasteiger partial charge in [0.25, 0.3) is 11.8 Å². The van der Waals surface area contributed by atoms with E-state index in [0.717, 1.165) is 22.3 Å². The summed E-state index contributed by atoms with van der Waals surface area (Å²) in [5.41, 5.74) is 4.20. The van der Waals surface area contributed by atoms with E-state index in [2.05, 4.69) is 5.43 Å². The molecule has 0 atom stereocenters. The Morgan fingerprint density at radius 1 is 1.25 bits per heavy atom. The number of hydrogen-bond donors (Lipinski definition) is 2. The topological polar surface area (TPSA) is 105 Å². The lowest BCUT2D eigenvalue weighted by Gasteiger charge is -2.16. The number of carbonyl (C=O) groups excluding carboxylic acids is 2. The third kappa shape index (κ3) is 5.39. The van der Waals surface area contributed by atoms with Gasteiger partial charge < -0.3 is 14.6 Å². The molecule has 8 nitrogen and oxygen atoms in total. The van der Waals surface area contributed by atoms with Crippen LogP contribution in [0.4, 0.5) is 0 Å². The lowest BCUT2D eigenvalue weighted by molar-refractivity contribution is -0.139. The second kappa shape index (κ2) is 10.0. The van der Waals surface area contributed by atoms with Crippen molar-refractivity contribution in [3.63, 3.8) is 0 Å². The maximum Gasteiger partial charge on any atom is 0.341 e. The largest absolute Gasteiger partial charge is 0.493 e. The fraction of sp³-hybridized carbons (Fsp3) is 0.143. The SMILES string of the molecule is COc1cc(/C=C2\SC(=S)N(NC(=O)c3ccc(C)cc3Cl)C2=O)ccc1OCC(=O)O. The van der Waals surface area contributed by atoms with Crippen LogP contribution < -0.4 is 14.9 Å². The third-order valence-corrected chi connectivity index (χ3v) is 5.83. The normalized spacial score (nSPS) is 14.6. The van der Waals surface area contributed by atoms with Crippen molar-refractivity contribution in [2.24, 2.45) is 0 Å². The summed E-state index contributed by atoms with van der Waals surface area (Å²) in [5, 5.41) is 10.0. The van der Waals surface area contributed by atoms with E-state index in [-0.39, 0.29) is 25.6 Å². The molecule has 32 heavy (non-hydrogen) atoms. The standard InChI is InChI=1S/C21H17ClN2O6S2/c1-11-3-5-13(14(22)7-11)19(27)23-24-20(28)17(32-21(24)31)9-12-4-6-15(16(8-12)29-2)30-10-18(25)26/h3-9H,10H2,1-2H3,(H,23,27)(H,25,26)/b17-9-. The van der Waals surface area contributed by atoms with Crippen molar-refractivity contribution < 1.29 is 29.0 Å². The summed E-state index contributed by atoms with van der Waals surface area (Å²) in [6.45, 7) is 1.33. The van der Waals surface area contributed by atoms with Gasteiger partial charge in [-0.25, -0.2) is 4.79 Å². The average molecular weight is 493 g/mol. The molecule has 11 heteroatoms. The molecule has 0 aromatic heterocycles. The number of thiocarbonyl (C=S) groups is 1. The van der Waals surface area contributed by atoms with Gasteiger partial charge in [0, 0.05) is 0 Å². The predicted molar refractivity (Wildman–Crippen MR) is 125 cm³/mol. The number of carboxylic acid groups (broad SMARTS) is 1. The Balaban J connectivity index is 1.77. The number of nitrogens with one attached hydrogen (secondary N) is 1. The van der Waals surface area contributed by atoms with Gasteiger partial charge in [-0.3, -0.25) is 15.0 Å². The molecule has 0 spiro atoms. The number of amides is 2. The molecule has 0 unspecified atom stereocenters. The monoisotopic (exact) mass is 492 g/mol. The summed E-state index contributed by atoms with van der Waals surface area (Å²) >= 11 is 12.4. The summed E-state index contributed by atoms with van der Waals surface area (Å²) in [4.78, 5) is 36.4. The first kappa shape index (κ1) is 23.6. The highest BCUT2D eigenvalue weighted by Gasteiger charge is 2.34. The number of carbonyl (C=O) groups is 3. The maximum atomic E-state index is 12.8. The van der Waals surface area contributed by atoms with E-state index in [4.69, 9.17) is 38.4 Å². The van der Waals surface area contributed by atoms with Gasteiger partial charge in [-0.2, -0.15) is 5.01 Å². The Kier molecular flexibility index (Phi) is 7.39. The molecule has 0 saturated carbocycles. The molecule has 0 aliphatic carbocycles. The van der Waals surface area contributed by atoms with Crippen LogP contribution in [0.1, 0.15) is 21.5 Å². The molecule has 166 valence electrons. The molecule has 2 aromatic rings. The zero-order valence-electron chi connectivity index (χ0n) is 16.9. The molecule has 1 saturated heterocycles. The Hall–Kier alpha value is -3.08. The van der Waals surface area contributed by atoms with Crippen molar-refractivity contribution in [2.45, 2.75) is 6.92 Å². The second-order valence-electron chi connectivity index (χ2n) is 6.53. The van der Waals surface area contributed by atoms with Gasteiger partial charge in [0.05, 0.1) is 22.6 Å². The molecule has 1 fully saturated rings. The molecular weight excluding hydrogens is 476 g/mol. The van der Waals surface area contributed by atoms with E-state index in [1.165, 1.54) is 13.2 Å². The zero-order valence-corrected chi connectivity index (χ0v) is 19.3. The number of aliphatic carboxylic acids is 1. The van der Waals surface area contributed by atoms with Crippen molar-refractivity contribution in [3.05, 3.63) is 63.0 Å². The minimum atomic E-state index is -1.12. The van der Waals surface area contributed by atoms with Gasteiger partial charge in [0.15, 0.2) is 22.4 Å². The Bertz CT molecular complexity index is 1150. The van der Waals surface area contributed by atoms with Crippen LogP contribution in [0, 0.1) is 6.92 Å². The molecule has 1 heterocycles. The van der Waals surface area contributed by atoms with Crippen molar-refractivity contribution in [1.82, 2.24) is 10.4 Å². The van der Waals surface area contributed by atoms with Crippen LogP contribution in [0.25, 0.3) is 6.08 Å². The lowest BCUT2D eigenvalue weighted by atomic mass is 10.1. The van der Waals surface area contributed by atoms with Crippen LogP contribution in [0.3, 0.4) is 0 Å². The van der Waals surface area contributed by atoms with Gasteiger partial charge in [0.1, 0.15) is 0 Å². The lowest BCUT2D eigenvalue weighted by Crippen LogP contribution is -2.44. The van der Waals surface area contributed by atoms with Crippen molar-refractivity contribution in [1.29, 1.82) is 0 Å². The summed E-state index contributed by atoms with van der Waals surface area (Å²) in [7, 11) is 1.41. The Morgan fingerprint density at radius 2 is 2.00 bits per heavy atom. The number of halogens is 1. The van der Waals surface area contributed by atoms with Gasteiger partial charge in [0.2, 0.25) is 0 Å². The summed E-state index contributed by atoms with van der Waals surface area (Å²) in [6, 6.07) is 9.72. The Labute approximate surface area is 198 Å². The van der Waals surface area contributed by atoms with Crippen LogP contribution in [0.2, 0.25) is 5.02 Å². The van der Waals surface area contributed by atoms with Gasteiger partial charge in [-0.05, 0) is 60.6 Å². The van der Waals surface area contributed by atoms with Crippen molar-refractivity contribution in [2.75, 3.05) is 13.7 Å². The first-order valence-electron chi connectivity index (χ1n) is 9.07. The quantitative estimate of drug-likeness (QED) is 0.445. The zero-order chi connectivity index (χ0) is 23.4. The van der Waals surface area contributed by atoms with E-state index >= 15 is 0 Å². The van der Waals surface area contributed by atoms with Gasteiger partial charge in [-0.15, -0.1) is 0 Å². The summed E-state index contributed by atoms with van der Waals surface area (Å²) in [5.74, 6) is -1.62. The highest BCUT2D eigenvalue weighted by Crippen LogP contribution is 2.34. The molecule has 0 bridgehead atoms. The fourth-order valence-electron chi connectivity index (χ4n) is 2.71. The summed E-state index contributed by atoms with van der Waals surface area (Å²) in [6.07, 6.45) is 1.58. The van der Waals surface area contributed by atoms with Crippen LogP contribution in [-0.2, 0) is 9.59 Å². The number of methoxy groups -OCH3 is 1. The van der Waals surface area contributed by atoms with Crippen LogP contribution >= 0.6 is 35.6 Å².